The molecule has 3 N–H and O–H groups in total. The lowest BCUT2D eigenvalue weighted by Crippen LogP contribution is -2.13. The second-order valence-electron chi connectivity index (χ2n) is 3.06. The third kappa shape index (κ3) is 2.38. The fraction of sp³-hybridized carbons (Fsp3) is 0.500. The fourth-order valence-corrected chi connectivity index (χ4v) is 0.916. The maximum atomic E-state index is 5.54. The highest BCUT2D eigenvalue weighted by molar-refractivity contribution is 5.38. The molecule has 0 fully saturated rings. The molecule has 0 amide bonds. The van der Waals surface area contributed by atoms with Crippen LogP contribution in [0.1, 0.15) is 19.5 Å². The molecule has 0 unspecified atom stereocenters. The number of hydrogen-bond acceptors (Lipinski definition) is 4. The van der Waals surface area contributed by atoms with Crippen LogP contribution in [0.5, 0.6) is 0 Å². The Labute approximate surface area is 72.2 Å². The largest absolute Gasteiger partial charge is 0.384 e. The normalized spacial score (nSPS) is 10.3. The van der Waals surface area contributed by atoms with E-state index >= 15 is 0 Å². The van der Waals surface area contributed by atoms with Gasteiger partial charge in [0, 0.05) is 17.8 Å². The molecule has 0 aliphatic rings. The van der Waals surface area contributed by atoms with E-state index in [9.17, 15) is 0 Å². The van der Waals surface area contributed by atoms with Crippen molar-refractivity contribution in [2.75, 3.05) is 11.1 Å². The quantitative estimate of drug-likeness (QED) is 0.692. The summed E-state index contributed by atoms with van der Waals surface area (Å²) in [4.78, 5) is 8.20. The van der Waals surface area contributed by atoms with Gasteiger partial charge in [0.05, 0.1) is 0 Å². The van der Waals surface area contributed by atoms with E-state index in [1.807, 2.05) is 20.8 Å². The molecular formula is C8H14N4. The van der Waals surface area contributed by atoms with E-state index in [2.05, 4.69) is 15.3 Å². The highest BCUT2D eigenvalue weighted by Gasteiger charge is 1.99. The first kappa shape index (κ1) is 8.77. The van der Waals surface area contributed by atoms with Crippen LogP contribution in [0, 0.1) is 6.92 Å². The Balaban J connectivity index is 2.85. The lowest BCUT2D eigenvalue weighted by Gasteiger charge is -2.08. The van der Waals surface area contributed by atoms with Crippen molar-refractivity contribution in [3.8, 4) is 0 Å². The van der Waals surface area contributed by atoms with Gasteiger partial charge < -0.3 is 11.1 Å². The molecule has 0 spiro atoms. The summed E-state index contributed by atoms with van der Waals surface area (Å²) in [5.41, 5.74) is 6.42. The topological polar surface area (TPSA) is 63.8 Å². The molecule has 0 aliphatic carbocycles. The Kier molecular flexibility index (Phi) is 2.47. The maximum Gasteiger partial charge on any atom is 0.225 e. The van der Waals surface area contributed by atoms with Gasteiger partial charge in [0.1, 0.15) is 5.82 Å². The van der Waals surface area contributed by atoms with Gasteiger partial charge >= 0.3 is 0 Å². The van der Waals surface area contributed by atoms with Gasteiger partial charge in [0.15, 0.2) is 0 Å². The minimum atomic E-state index is 0.325. The highest BCUT2D eigenvalue weighted by Crippen LogP contribution is 2.06. The monoisotopic (exact) mass is 166 g/mol. The molecule has 12 heavy (non-hydrogen) atoms. The molecule has 0 saturated carbocycles. The van der Waals surface area contributed by atoms with Gasteiger partial charge in [0.2, 0.25) is 5.95 Å². The number of nitrogen functional groups attached to an aromatic ring is 1. The number of rotatable bonds is 2. The first-order valence-corrected chi connectivity index (χ1v) is 3.95. The molecule has 0 aliphatic heterocycles. The first-order chi connectivity index (χ1) is 5.58. The maximum absolute atomic E-state index is 5.54. The number of nitrogens with one attached hydrogen (secondary N) is 1. The van der Waals surface area contributed by atoms with Gasteiger partial charge in [-0.15, -0.1) is 0 Å². The predicted molar refractivity (Wildman–Crippen MR) is 49.9 cm³/mol. The van der Waals surface area contributed by atoms with E-state index in [0.29, 0.717) is 17.8 Å². The van der Waals surface area contributed by atoms with Crippen molar-refractivity contribution in [2.45, 2.75) is 26.8 Å². The second kappa shape index (κ2) is 3.38. The summed E-state index contributed by atoms with van der Waals surface area (Å²) in [6.45, 7) is 5.95. The van der Waals surface area contributed by atoms with Crippen LogP contribution < -0.4 is 11.1 Å². The van der Waals surface area contributed by atoms with Gasteiger partial charge in [-0.2, -0.15) is 4.98 Å². The van der Waals surface area contributed by atoms with Crippen molar-refractivity contribution in [2.24, 2.45) is 0 Å². The number of nitrogens with two attached hydrogens (primary N) is 1. The summed E-state index contributed by atoms with van der Waals surface area (Å²) in [7, 11) is 0. The summed E-state index contributed by atoms with van der Waals surface area (Å²) in [6.07, 6.45) is 0. The van der Waals surface area contributed by atoms with Crippen molar-refractivity contribution in [3.63, 3.8) is 0 Å². The van der Waals surface area contributed by atoms with Gasteiger partial charge in [0.25, 0.3) is 0 Å². The van der Waals surface area contributed by atoms with Crippen molar-refractivity contribution >= 4 is 11.8 Å². The molecule has 66 valence electrons. The number of aryl methyl sites for hydroxylation is 1. The molecule has 0 saturated heterocycles. The number of nitrogens with zero attached hydrogens (tertiary/aromatic N) is 2. The van der Waals surface area contributed by atoms with E-state index in [1.54, 1.807) is 6.07 Å². The zero-order chi connectivity index (χ0) is 9.14. The number of anilines is 2. The average molecular weight is 166 g/mol. The van der Waals surface area contributed by atoms with E-state index in [1.165, 1.54) is 0 Å². The molecule has 0 aromatic carbocycles. The smallest absolute Gasteiger partial charge is 0.225 e. The zero-order valence-electron chi connectivity index (χ0n) is 7.63. The zero-order valence-corrected chi connectivity index (χ0v) is 7.63. The van der Waals surface area contributed by atoms with Crippen LogP contribution in [0.15, 0.2) is 6.07 Å². The number of hydrogen-bond donors (Lipinski definition) is 2. The summed E-state index contributed by atoms with van der Waals surface area (Å²) < 4.78 is 0. The lowest BCUT2D eigenvalue weighted by atomic mass is 10.4. The Morgan fingerprint density at radius 3 is 2.58 bits per heavy atom. The Bertz CT molecular complexity index is 250. The standard InChI is InChI=1S/C8H14N4/c1-5(2)10-8-11-6(3)4-7(9)12-8/h4-5H,1-3H3,(H3,9,10,11,12). The third-order valence-electron chi connectivity index (χ3n) is 1.29. The van der Waals surface area contributed by atoms with Crippen molar-refractivity contribution in [3.05, 3.63) is 11.8 Å². The van der Waals surface area contributed by atoms with Crippen LogP contribution in [0.4, 0.5) is 11.8 Å². The minimum absolute atomic E-state index is 0.325. The van der Waals surface area contributed by atoms with E-state index in [4.69, 9.17) is 5.73 Å². The first-order valence-electron chi connectivity index (χ1n) is 3.95. The molecular weight excluding hydrogens is 152 g/mol. The molecule has 0 atom stereocenters. The molecule has 4 nitrogen and oxygen atoms in total. The summed E-state index contributed by atoms with van der Waals surface area (Å²) in [5.74, 6) is 1.10. The summed E-state index contributed by atoms with van der Waals surface area (Å²) in [5, 5.41) is 3.08. The van der Waals surface area contributed by atoms with Gasteiger partial charge in [-0.1, -0.05) is 0 Å². The van der Waals surface area contributed by atoms with Crippen LogP contribution >= 0.6 is 0 Å². The predicted octanol–water partition coefficient (Wildman–Crippen LogP) is 1.19. The minimum Gasteiger partial charge on any atom is -0.384 e. The van der Waals surface area contributed by atoms with Crippen LogP contribution in [0.25, 0.3) is 0 Å². The Morgan fingerprint density at radius 1 is 1.42 bits per heavy atom. The van der Waals surface area contributed by atoms with E-state index < -0.39 is 0 Å². The van der Waals surface area contributed by atoms with Gasteiger partial charge in [-0.3, -0.25) is 0 Å². The summed E-state index contributed by atoms with van der Waals surface area (Å²) in [6, 6.07) is 2.07. The van der Waals surface area contributed by atoms with E-state index in [0.717, 1.165) is 5.69 Å². The molecule has 4 heteroatoms. The third-order valence-corrected chi connectivity index (χ3v) is 1.29. The SMILES string of the molecule is Cc1cc(N)nc(NC(C)C)n1. The Morgan fingerprint density at radius 2 is 2.08 bits per heavy atom. The van der Waals surface area contributed by atoms with Crippen LogP contribution in [0.2, 0.25) is 0 Å². The average Bonchev–Trinajstić information content (AvgIpc) is 1.81. The van der Waals surface area contributed by atoms with Crippen molar-refractivity contribution in [1.29, 1.82) is 0 Å². The second-order valence-corrected chi connectivity index (χ2v) is 3.06. The summed E-state index contributed by atoms with van der Waals surface area (Å²) >= 11 is 0. The Hall–Kier alpha value is -1.32. The van der Waals surface area contributed by atoms with E-state index in [-0.39, 0.29) is 0 Å². The van der Waals surface area contributed by atoms with Crippen LogP contribution in [-0.2, 0) is 0 Å². The van der Waals surface area contributed by atoms with Crippen molar-refractivity contribution in [1.82, 2.24) is 9.97 Å². The van der Waals surface area contributed by atoms with Crippen molar-refractivity contribution < 1.29 is 0 Å². The molecule has 1 aromatic heterocycles. The van der Waals surface area contributed by atoms with Crippen LogP contribution in [0.3, 0.4) is 0 Å². The van der Waals surface area contributed by atoms with Gasteiger partial charge in [-0.25, -0.2) is 4.98 Å². The van der Waals surface area contributed by atoms with Gasteiger partial charge in [-0.05, 0) is 20.8 Å². The van der Waals surface area contributed by atoms with Crippen LogP contribution in [-0.4, -0.2) is 16.0 Å². The molecule has 0 radical (unpaired) electrons. The fourth-order valence-electron chi connectivity index (χ4n) is 0.916. The lowest BCUT2D eigenvalue weighted by molar-refractivity contribution is 0.872. The molecule has 1 aromatic rings. The molecule has 1 heterocycles. The molecule has 1 rings (SSSR count). The number of aromatic nitrogens is 2. The molecule has 0 bridgehead atoms. The highest BCUT2D eigenvalue weighted by atomic mass is 15.1.